The average Bonchev–Trinajstić information content (AvgIpc) is 3.07. The normalized spacial score (nSPS) is 12.2. The van der Waals surface area contributed by atoms with Crippen LogP contribution < -0.4 is 5.32 Å². The Hall–Kier alpha value is -2.99. The fourth-order valence-electron chi connectivity index (χ4n) is 2.93. The molecule has 1 aromatic carbocycles. The number of carbonyl (C=O) groups excluding carboxylic acids is 1. The van der Waals surface area contributed by atoms with Gasteiger partial charge >= 0.3 is 0 Å². The van der Waals surface area contributed by atoms with Gasteiger partial charge < -0.3 is 5.32 Å². The Morgan fingerprint density at radius 2 is 1.92 bits per heavy atom. The second kappa shape index (κ2) is 7.93. The van der Waals surface area contributed by atoms with Crippen LogP contribution in [-0.4, -0.2) is 39.4 Å². The van der Waals surface area contributed by atoms with Crippen molar-refractivity contribution in [1.29, 1.82) is 0 Å². The Labute approximate surface area is 153 Å². The molecule has 3 aromatic rings. The quantitative estimate of drug-likeness (QED) is 0.743. The number of aromatic nitrogens is 3. The smallest absolute Gasteiger partial charge is 0.242 e. The summed E-state index contributed by atoms with van der Waals surface area (Å²) in [5, 5.41) is 3.03. The lowest BCUT2D eigenvalue weighted by molar-refractivity contribution is -0.125. The van der Waals surface area contributed by atoms with Gasteiger partial charge in [0.15, 0.2) is 0 Å². The second-order valence-corrected chi connectivity index (χ2v) is 6.36. The van der Waals surface area contributed by atoms with Crippen molar-refractivity contribution in [1.82, 2.24) is 24.8 Å². The van der Waals surface area contributed by atoms with Crippen molar-refractivity contribution in [2.24, 2.45) is 0 Å². The van der Waals surface area contributed by atoms with Crippen LogP contribution in [0, 0.1) is 6.92 Å². The monoisotopic (exact) mass is 349 g/mol. The maximum Gasteiger partial charge on any atom is 0.242 e. The first-order valence-electron chi connectivity index (χ1n) is 8.50. The molecular weight excluding hydrogens is 326 g/mol. The molecule has 1 atom stereocenters. The topological polar surface area (TPSA) is 63.1 Å². The van der Waals surface area contributed by atoms with Crippen molar-refractivity contribution in [2.45, 2.75) is 19.5 Å². The molecule has 6 nitrogen and oxygen atoms in total. The molecule has 0 aliphatic rings. The summed E-state index contributed by atoms with van der Waals surface area (Å²) in [5.41, 5.74) is 1.96. The van der Waals surface area contributed by atoms with Crippen LogP contribution in [0.25, 0.3) is 5.82 Å². The maximum atomic E-state index is 12.7. The summed E-state index contributed by atoms with van der Waals surface area (Å²) in [4.78, 5) is 23.3. The van der Waals surface area contributed by atoms with Crippen LogP contribution in [0.5, 0.6) is 0 Å². The van der Waals surface area contributed by atoms with Crippen molar-refractivity contribution < 1.29 is 4.79 Å². The number of nitrogens with one attached hydrogen (secondary N) is 1. The zero-order valence-electron chi connectivity index (χ0n) is 15.3. The molecule has 0 bridgehead atoms. The van der Waals surface area contributed by atoms with Gasteiger partial charge in [-0.25, -0.2) is 9.97 Å². The highest BCUT2D eigenvalue weighted by Gasteiger charge is 2.22. The molecule has 134 valence electrons. The Morgan fingerprint density at radius 1 is 1.15 bits per heavy atom. The first-order chi connectivity index (χ1) is 12.6. The highest BCUT2D eigenvalue weighted by atomic mass is 16.2. The summed E-state index contributed by atoms with van der Waals surface area (Å²) in [6, 6.07) is 13.3. The molecule has 2 aromatic heterocycles. The molecule has 6 heteroatoms. The number of pyridine rings is 1. The average molecular weight is 349 g/mol. The van der Waals surface area contributed by atoms with Crippen LogP contribution in [0.15, 0.2) is 61.1 Å². The van der Waals surface area contributed by atoms with E-state index in [0.717, 1.165) is 22.8 Å². The minimum atomic E-state index is -0.326. The minimum Gasteiger partial charge on any atom is -0.350 e. The lowest BCUT2D eigenvalue weighted by atomic mass is 10.1. The van der Waals surface area contributed by atoms with Crippen molar-refractivity contribution >= 4 is 5.91 Å². The van der Waals surface area contributed by atoms with Gasteiger partial charge in [0.25, 0.3) is 0 Å². The molecule has 1 amide bonds. The number of benzene rings is 1. The number of likely N-dealkylation sites (N-methyl/N-ethyl adjacent to an activating group) is 1. The van der Waals surface area contributed by atoms with E-state index in [9.17, 15) is 4.79 Å². The Morgan fingerprint density at radius 3 is 2.58 bits per heavy atom. The van der Waals surface area contributed by atoms with Crippen LogP contribution in [-0.2, 0) is 11.3 Å². The van der Waals surface area contributed by atoms with Crippen LogP contribution in [0.3, 0.4) is 0 Å². The van der Waals surface area contributed by atoms with Gasteiger partial charge in [-0.05, 0) is 44.3 Å². The maximum absolute atomic E-state index is 12.7. The van der Waals surface area contributed by atoms with Gasteiger partial charge in [0, 0.05) is 25.1 Å². The number of imidazole rings is 1. The summed E-state index contributed by atoms with van der Waals surface area (Å²) in [5.74, 6) is 1.63. The molecule has 0 spiro atoms. The molecule has 0 aliphatic heterocycles. The molecule has 3 rings (SSSR count). The number of carbonyl (C=O) groups is 1. The number of aryl methyl sites for hydroxylation is 1. The van der Waals surface area contributed by atoms with Crippen LogP contribution in [0.4, 0.5) is 0 Å². The van der Waals surface area contributed by atoms with E-state index in [2.05, 4.69) is 15.3 Å². The summed E-state index contributed by atoms with van der Waals surface area (Å²) in [6.45, 7) is 2.37. The largest absolute Gasteiger partial charge is 0.350 e. The van der Waals surface area contributed by atoms with E-state index >= 15 is 0 Å². The van der Waals surface area contributed by atoms with Crippen LogP contribution >= 0.6 is 0 Å². The lowest BCUT2D eigenvalue weighted by Gasteiger charge is -2.24. The van der Waals surface area contributed by atoms with Crippen molar-refractivity contribution in [2.75, 3.05) is 14.1 Å². The zero-order valence-corrected chi connectivity index (χ0v) is 15.3. The molecule has 1 N–H and O–H groups in total. The van der Waals surface area contributed by atoms with Gasteiger partial charge in [-0.15, -0.1) is 0 Å². The Bertz CT molecular complexity index is 873. The van der Waals surface area contributed by atoms with Gasteiger partial charge in [-0.2, -0.15) is 0 Å². The number of amides is 1. The van der Waals surface area contributed by atoms with E-state index in [0.29, 0.717) is 6.54 Å². The summed E-state index contributed by atoms with van der Waals surface area (Å²) >= 11 is 0. The van der Waals surface area contributed by atoms with E-state index in [-0.39, 0.29) is 11.9 Å². The van der Waals surface area contributed by atoms with Gasteiger partial charge in [0.1, 0.15) is 17.7 Å². The van der Waals surface area contributed by atoms with E-state index in [1.165, 1.54) is 0 Å². The van der Waals surface area contributed by atoms with Crippen molar-refractivity contribution in [3.63, 3.8) is 0 Å². The van der Waals surface area contributed by atoms with E-state index in [4.69, 9.17) is 0 Å². The third kappa shape index (κ3) is 3.97. The SMILES string of the molecule is Cc1nccn1-c1cc(CNC(=O)C(c2ccccc2)N(C)C)ccn1. The summed E-state index contributed by atoms with van der Waals surface area (Å²) < 4.78 is 1.91. The fraction of sp³-hybridized carbons (Fsp3) is 0.250. The number of rotatable bonds is 6. The fourth-order valence-corrected chi connectivity index (χ4v) is 2.93. The first kappa shape index (κ1) is 17.8. The van der Waals surface area contributed by atoms with Crippen molar-refractivity contribution in [3.05, 3.63) is 78.0 Å². The second-order valence-electron chi connectivity index (χ2n) is 6.36. The Balaban J connectivity index is 1.72. The van der Waals surface area contributed by atoms with E-state index in [1.807, 2.05) is 79.1 Å². The van der Waals surface area contributed by atoms with Gasteiger partial charge in [0.05, 0.1) is 0 Å². The lowest BCUT2D eigenvalue weighted by Crippen LogP contribution is -2.36. The van der Waals surface area contributed by atoms with Crippen LogP contribution in [0.1, 0.15) is 23.0 Å². The molecule has 0 fully saturated rings. The highest BCUT2D eigenvalue weighted by molar-refractivity contribution is 5.83. The molecule has 0 aliphatic carbocycles. The Kier molecular flexibility index (Phi) is 5.43. The van der Waals surface area contributed by atoms with Gasteiger partial charge in [-0.1, -0.05) is 30.3 Å². The summed E-state index contributed by atoms with van der Waals surface area (Å²) in [7, 11) is 3.81. The number of hydrogen-bond donors (Lipinski definition) is 1. The molecule has 26 heavy (non-hydrogen) atoms. The van der Waals surface area contributed by atoms with Gasteiger partial charge in [0.2, 0.25) is 5.91 Å². The molecule has 0 saturated heterocycles. The zero-order chi connectivity index (χ0) is 18.5. The third-order valence-electron chi connectivity index (χ3n) is 4.23. The molecule has 2 heterocycles. The third-order valence-corrected chi connectivity index (χ3v) is 4.23. The molecular formula is C20H23N5O. The van der Waals surface area contributed by atoms with E-state index < -0.39 is 0 Å². The summed E-state index contributed by atoms with van der Waals surface area (Å²) in [6.07, 6.45) is 5.36. The predicted octanol–water partition coefficient (Wildman–Crippen LogP) is 2.49. The van der Waals surface area contributed by atoms with Crippen molar-refractivity contribution in [3.8, 4) is 5.82 Å². The predicted molar refractivity (Wildman–Crippen MR) is 101 cm³/mol. The molecule has 0 saturated carbocycles. The molecule has 0 radical (unpaired) electrons. The van der Waals surface area contributed by atoms with Gasteiger partial charge in [-0.3, -0.25) is 14.3 Å². The van der Waals surface area contributed by atoms with Crippen LogP contribution in [0.2, 0.25) is 0 Å². The van der Waals surface area contributed by atoms with E-state index in [1.54, 1.807) is 12.4 Å². The molecule has 1 unspecified atom stereocenters. The minimum absolute atomic E-state index is 0.0293. The first-order valence-corrected chi connectivity index (χ1v) is 8.50. The standard InChI is InChI=1S/C20H23N5O/c1-15-21-11-12-25(15)18-13-16(9-10-22-18)14-23-20(26)19(24(2)3)17-7-5-4-6-8-17/h4-13,19H,14H2,1-3H3,(H,23,26). The highest BCUT2D eigenvalue weighted by Crippen LogP contribution is 2.18. The number of hydrogen-bond acceptors (Lipinski definition) is 4. The number of nitrogens with zero attached hydrogens (tertiary/aromatic N) is 4.